The van der Waals surface area contributed by atoms with Crippen molar-refractivity contribution in [2.24, 2.45) is 5.92 Å². The van der Waals surface area contributed by atoms with Crippen LogP contribution in [0.2, 0.25) is 0 Å². The van der Waals surface area contributed by atoms with Gasteiger partial charge in [0, 0.05) is 17.8 Å². The zero-order valence-corrected chi connectivity index (χ0v) is 16.7. The van der Waals surface area contributed by atoms with Crippen molar-refractivity contribution < 1.29 is 8.42 Å². The summed E-state index contributed by atoms with van der Waals surface area (Å²) in [5.74, 6) is 7.12. The molecule has 0 saturated heterocycles. The third-order valence-electron chi connectivity index (χ3n) is 4.88. The van der Waals surface area contributed by atoms with Crippen LogP contribution in [0.15, 0.2) is 41.7 Å². The Balaban J connectivity index is 1.73. The minimum absolute atomic E-state index is 0.197. The molecule has 0 atom stereocenters. The number of fused-ring (bicyclic) bond motifs is 1. The van der Waals surface area contributed by atoms with E-state index < -0.39 is 9.84 Å². The van der Waals surface area contributed by atoms with Crippen LogP contribution in [-0.4, -0.2) is 28.7 Å². The Labute approximate surface area is 164 Å². The van der Waals surface area contributed by atoms with E-state index in [0.29, 0.717) is 22.2 Å². The highest BCUT2D eigenvalue weighted by Crippen LogP contribution is 2.32. The molecule has 4 rings (SSSR count). The highest BCUT2D eigenvalue weighted by Gasteiger charge is 2.29. The molecule has 0 radical (unpaired) electrons. The molecule has 1 aliphatic carbocycles. The SMILES string of the molecule is CC(C)n1cc(C#Cc2cccc(S(=O)(=O)CC3CC3)c2)c2c(N)ncnc21. The van der Waals surface area contributed by atoms with Crippen molar-refractivity contribution in [3.05, 3.63) is 47.9 Å². The van der Waals surface area contributed by atoms with Crippen molar-refractivity contribution in [1.82, 2.24) is 14.5 Å². The maximum Gasteiger partial charge on any atom is 0.178 e. The molecule has 2 N–H and O–H groups in total. The molecule has 0 aliphatic heterocycles. The second-order valence-corrected chi connectivity index (χ2v) is 9.54. The Kier molecular flexibility index (Phi) is 4.60. The summed E-state index contributed by atoms with van der Waals surface area (Å²) >= 11 is 0. The molecule has 0 bridgehead atoms. The van der Waals surface area contributed by atoms with Crippen LogP contribution >= 0.6 is 0 Å². The predicted molar refractivity (Wildman–Crippen MR) is 110 cm³/mol. The first-order chi connectivity index (χ1) is 13.3. The Morgan fingerprint density at radius 3 is 2.75 bits per heavy atom. The standard InChI is InChI=1S/C21H22N4O2S/c1-14(2)25-11-17(19-20(22)23-13-24-21(19)25)9-8-15-4-3-5-18(10-15)28(26,27)12-16-6-7-16/h3-5,10-11,13-14,16H,6-7,12H2,1-2H3,(H2,22,23,24). The second kappa shape index (κ2) is 6.95. The lowest BCUT2D eigenvalue weighted by Crippen LogP contribution is -2.08. The smallest absolute Gasteiger partial charge is 0.178 e. The molecule has 28 heavy (non-hydrogen) atoms. The van der Waals surface area contributed by atoms with Gasteiger partial charge in [-0.2, -0.15) is 0 Å². The molecule has 0 unspecified atom stereocenters. The molecule has 3 aromatic rings. The van der Waals surface area contributed by atoms with Crippen molar-refractivity contribution >= 4 is 26.7 Å². The molecule has 2 heterocycles. The van der Waals surface area contributed by atoms with Crippen LogP contribution in [0.25, 0.3) is 11.0 Å². The van der Waals surface area contributed by atoms with Gasteiger partial charge in [0.2, 0.25) is 0 Å². The van der Waals surface area contributed by atoms with E-state index in [2.05, 4.69) is 35.7 Å². The monoisotopic (exact) mass is 394 g/mol. The number of sulfone groups is 1. The normalized spacial score (nSPS) is 14.2. The van der Waals surface area contributed by atoms with Crippen molar-refractivity contribution in [2.75, 3.05) is 11.5 Å². The van der Waals surface area contributed by atoms with Crippen LogP contribution in [0.3, 0.4) is 0 Å². The van der Waals surface area contributed by atoms with Crippen LogP contribution in [0.5, 0.6) is 0 Å². The Hall–Kier alpha value is -2.85. The van der Waals surface area contributed by atoms with Crippen LogP contribution in [0.1, 0.15) is 43.9 Å². The fourth-order valence-electron chi connectivity index (χ4n) is 3.19. The number of anilines is 1. The van der Waals surface area contributed by atoms with Gasteiger partial charge in [-0.15, -0.1) is 0 Å². The van der Waals surface area contributed by atoms with E-state index >= 15 is 0 Å². The maximum absolute atomic E-state index is 12.5. The minimum Gasteiger partial charge on any atom is -0.383 e. The van der Waals surface area contributed by atoms with Crippen molar-refractivity contribution in [3.63, 3.8) is 0 Å². The number of aromatic nitrogens is 3. The molecule has 1 fully saturated rings. The first-order valence-electron chi connectivity index (χ1n) is 9.31. The molecule has 1 aromatic carbocycles. The molecular formula is C21H22N4O2S. The summed E-state index contributed by atoms with van der Waals surface area (Å²) in [5.41, 5.74) is 8.18. The van der Waals surface area contributed by atoms with Gasteiger partial charge in [0.15, 0.2) is 9.84 Å². The van der Waals surface area contributed by atoms with Gasteiger partial charge in [0.1, 0.15) is 17.8 Å². The molecule has 0 spiro atoms. The van der Waals surface area contributed by atoms with Gasteiger partial charge < -0.3 is 10.3 Å². The van der Waals surface area contributed by atoms with E-state index in [1.54, 1.807) is 18.2 Å². The number of nitrogens with zero attached hydrogens (tertiary/aromatic N) is 3. The van der Waals surface area contributed by atoms with Crippen LogP contribution < -0.4 is 5.73 Å². The summed E-state index contributed by atoms with van der Waals surface area (Å²) < 4.78 is 27.1. The first kappa shape index (κ1) is 18.5. The molecule has 1 saturated carbocycles. The lowest BCUT2D eigenvalue weighted by Gasteiger charge is -2.07. The van der Waals surface area contributed by atoms with E-state index in [4.69, 9.17) is 5.73 Å². The van der Waals surface area contributed by atoms with Crippen LogP contribution in [0.4, 0.5) is 5.82 Å². The van der Waals surface area contributed by atoms with E-state index in [9.17, 15) is 8.42 Å². The average Bonchev–Trinajstić information content (AvgIpc) is 3.37. The molecule has 0 amide bonds. The van der Waals surface area contributed by atoms with Gasteiger partial charge in [-0.3, -0.25) is 0 Å². The van der Waals surface area contributed by atoms with Gasteiger partial charge >= 0.3 is 0 Å². The topological polar surface area (TPSA) is 90.9 Å². The summed E-state index contributed by atoms with van der Waals surface area (Å²) in [7, 11) is -3.26. The van der Waals surface area contributed by atoms with E-state index in [1.165, 1.54) is 6.33 Å². The zero-order valence-electron chi connectivity index (χ0n) is 15.9. The number of hydrogen-bond donors (Lipinski definition) is 1. The summed E-state index contributed by atoms with van der Waals surface area (Å²) in [6, 6.07) is 7.03. The highest BCUT2D eigenvalue weighted by molar-refractivity contribution is 7.91. The largest absolute Gasteiger partial charge is 0.383 e. The van der Waals surface area contributed by atoms with E-state index in [-0.39, 0.29) is 11.8 Å². The molecule has 1 aliphatic rings. The Bertz CT molecular complexity index is 1210. The van der Waals surface area contributed by atoms with Crippen molar-refractivity contribution in [2.45, 2.75) is 37.6 Å². The number of benzene rings is 1. The average molecular weight is 395 g/mol. The van der Waals surface area contributed by atoms with Gasteiger partial charge in [-0.05, 0) is 50.8 Å². The van der Waals surface area contributed by atoms with Gasteiger partial charge in [-0.25, -0.2) is 18.4 Å². The summed E-state index contributed by atoms with van der Waals surface area (Å²) in [6.07, 6.45) is 5.37. The molecule has 7 heteroatoms. The zero-order chi connectivity index (χ0) is 19.9. The number of rotatable bonds is 4. The van der Waals surface area contributed by atoms with Crippen molar-refractivity contribution in [3.8, 4) is 11.8 Å². The maximum atomic E-state index is 12.5. The molecule has 6 nitrogen and oxygen atoms in total. The predicted octanol–water partition coefficient (Wildman–Crippen LogP) is 3.18. The first-order valence-corrected chi connectivity index (χ1v) is 11.0. The summed E-state index contributed by atoms with van der Waals surface area (Å²) in [4.78, 5) is 8.76. The number of hydrogen-bond acceptors (Lipinski definition) is 5. The van der Waals surface area contributed by atoms with Gasteiger partial charge in [-0.1, -0.05) is 17.9 Å². The fraction of sp³-hybridized carbons (Fsp3) is 0.333. The Morgan fingerprint density at radius 2 is 2.04 bits per heavy atom. The Morgan fingerprint density at radius 1 is 1.25 bits per heavy atom. The van der Waals surface area contributed by atoms with E-state index in [1.807, 2.05) is 16.8 Å². The number of nitrogens with two attached hydrogens (primary N) is 1. The van der Waals surface area contributed by atoms with Gasteiger partial charge in [0.25, 0.3) is 0 Å². The quantitative estimate of drug-likeness (QED) is 0.686. The third kappa shape index (κ3) is 3.60. The summed E-state index contributed by atoms with van der Waals surface area (Å²) in [6.45, 7) is 4.12. The number of nitrogen functional groups attached to an aromatic ring is 1. The lowest BCUT2D eigenvalue weighted by atomic mass is 10.2. The van der Waals surface area contributed by atoms with Crippen LogP contribution in [-0.2, 0) is 9.84 Å². The molecule has 2 aromatic heterocycles. The lowest BCUT2D eigenvalue weighted by molar-refractivity contribution is 0.592. The van der Waals surface area contributed by atoms with Gasteiger partial charge in [0.05, 0.1) is 21.6 Å². The molecular weight excluding hydrogens is 372 g/mol. The van der Waals surface area contributed by atoms with E-state index in [0.717, 1.165) is 29.4 Å². The van der Waals surface area contributed by atoms with Crippen molar-refractivity contribution in [1.29, 1.82) is 0 Å². The third-order valence-corrected chi connectivity index (χ3v) is 6.76. The fourth-order valence-corrected chi connectivity index (χ4v) is 4.93. The van der Waals surface area contributed by atoms with Crippen LogP contribution in [0, 0.1) is 17.8 Å². The highest BCUT2D eigenvalue weighted by atomic mass is 32.2. The second-order valence-electron chi connectivity index (χ2n) is 7.50. The summed E-state index contributed by atoms with van der Waals surface area (Å²) in [5, 5.41) is 0.723. The molecule has 144 valence electrons. The minimum atomic E-state index is -3.26.